The van der Waals surface area contributed by atoms with Gasteiger partial charge in [0.25, 0.3) is 0 Å². The topological polar surface area (TPSA) is 65.0 Å². The monoisotopic (exact) mass is 386 g/mol. The number of rotatable bonds is 6. The van der Waals surface area contributed by atoms with Crippen molar-refractivity contribution in [2.24, 2.45) is 0 Å². The van der Waals surface area contributed by atoms with Crippen molar-refractivity contribution >= 4 is 12.2 Å². The van der Waals surface area contributed by atoms with Crippen LogP contribution >= 0.6 is 0 Å². The number of H-pyrrole nitrogens is 1. The number of imidazole rings is 2. The summed E-state index contributed by atoms with van der Waals surface area (Å²) in [5.74, 6) is 2.39. The van der Waals surface area contributed by atoms with Gasteiger partial charge < -0.3 is 19.0 Å². The Balaban J connectivity index is 1.54. The van der Waals surface area contributed by atoms with Gasteiger partial charge in [-0.3, -0.25) is 0 Å². The van der Waals surface area contributed by atoms with E-state index < -0.39 is 0 Å². The molecule has 6 nitrogen and oxygen atoms in total. The lowest BCUT2D eigenvalue weighted by Gasteiger charge is -2.09. The van der Waals surface area contributed by atoms with Crippen LogP contribution in [0.3, 0.4) is 0 Å². The van der Waals surface area contributed by atoms with E-state index in [1.165, 1.54) is 0 Å². The van der Waals surface area contributed by atoms with Crippen LogP contribution in [0.15, 0.2) is 61.2 Å². The first-order chi connectivity index (χ1) is 14.2. The Morgan fingerprint density at radius 2 is 1.83 bits per heavy atom. The van der Waals surface area contributed by atoms with Gasteiger partial charge in [-0.05, 0) is 55.0 Å². The molecule has 0 saturated carbocycles. The molecule has 4 aromatic rings. The van der Waals surface area contributed by atoms with Crippen molar-refractivity contribution in [2.75, 3.05) is 14.2 Å². The Hall–Kier alpha value is -3.80. The lowest BCUT2D eigenvalue weighted by atomic mass is 10.1. The predicted molar refractivity (Wildman–Crippen MR) is 114 cm³/mol. The zero-order valence-electron chi connectivity index (χ0n) is 16.6. The van der Waals surface area contributed by atoms with Crippen LogP contribution < -0.4 is 9.47 Å². The highest BCUT2D eigenvalue weighted by atomic mass is 16.5. The highest BCUT2D eigenvalue weighted by Crippen LogP contribution is 2.26. The number of hydrogen-bond donors (Lipinski definition) is 1. The van der Waals surface area contributed by atoms with Gasteiger partial charge in [-0.2, -0.15) is 0 Å². The summed E-state index contributed by atoms with van der Waals surface area (Å²) < 4.78 is 12.7. The molecule has 0 aliphatic heterocycles. The van der Waals surface area contributed by atoms with Gasteiger partial charge in [-0.15, -0.1) is 0 Å². The van der Waals surface area contributed by atoms with E-state index in [0.717, 1.165) is 45.5 Å². The summed E-state index contributed by atoms with van der Waals surface area (Å²) in [7, 11) is 3.33. The molecular formula is C23H22N4O2. The molecule has 1 N–H and O–H groups in total. The summed E-state index contributed by atoms with van der Waals surface area (Å²) in [5.41, 5.74) is 4.84. The molecule has 0 aliphatic carbocycles. The number of hydrogen-bond acceptors (Lipinski definition) is 4. The number of benzene rings is 2. The predicted octanol–water partition coefficient (Wildman–Crippen LogP) is 4.76. The third-order valence-electron chi connectivity index (χ3n) is 4.61. The molecule has 0 saturated heterocycles. The maximum Gasteiger partial charge on any atom is 0.143 e. The van der Waals surface area contributed by atoms with Crippen LogP contribution in [0.5, 0.6) is 11.5 Å². The zero-order valence-corrected chi connectivity index (χ0v) is 16.6. The average molecular weight is 386 g/mol. The number of ether oxygens (including phenoxy) is 2. The average Bonchev–Trinajstić information content (AvgIpc) is 3.41. The van der Waals surface area contributed by atoms with E-state index in [4.69, 9.17) is 9.47 Å². The Morgan fingerprint density at radius 3 is 2.52 bits per heavy atom. The first-order valence-electron chi connectivity index (χ1n) is 9.23. The molecule has 0 atom stereocenters. The molecule has 0 aliphatic rings. The standard InChI is InChI=1S/C23H22N4O2/c1-16-14-27(15-25-16)21-10-4-17(12-22(21)29-3)5-11-23-24-13-20(26-23)18-6-8-19(28-2)9-7-18/h4-15H,1-3H3,(H,24,26)/b11-5+. The Bertz CT molecular complexity index is 1140. The molecule has 0 fully saturated rings. The number of nitrogens with one attached hydrogen (secondary N) is 1. The summed E-state index contributed by atoms with van der Waals surface area (Å²) in [6.45, 7) is 1.96. The number of methoxy groups -OCH3 is 2. The van der Waals surface area contributed by atoms with Gasteiger partial charge in [-0.25, -0.2) is 9.97 Å². The van der Waals surface area contributed by atoms with E-state index in [-0.39, 0.29) is 0 Å². The molecule has 0 amide bonds. The largest absolute Gasteiger partial charge is 0.497 e. The number of aromatic nitrogens is 4. The Labute approximate surface area is 169 Å². The fourth-order valence-electron chi connectivity index (χ4n) is 3.07. The molecular weight excluding hydrogens is 364 g/mol. The molecule has 0 radical (unpaired) electrons. The minimum Gasteiger partial charge on any atom is -0.497 e. The second-order valence-corrected chi connectivity index (χ2v) is 6.59. The molecule has 2 aromatic heterocycles. The maximum absolute atomic E-state index is 5.57. The van der Waals surface area contributed by atoms with E-state index >= 15 is 0 Å². The van der Waals surface area contributed by atoms with Gasteiger partial charge in [-0.1, -0.05) is 12.1 Å². The van der Waals surface area contributed by atoms with Crippen molar-refractivity contribution in [3.05, 3.63) is 78.3 Å². The first-order valence-corrected chi connectivity index (χ1v) is 9.23. The summed E-state index contributed by atoms with van der Waals surface area (Å²) in [5, 5.41) is 0. The fourth-order valence-corrected chi connectivity index (χ4v) is 3.07. The third kappa shape index (κ3) is 4.06. The summed E-state index contributed by atoms with van der Waals surface area (Å²) in [6, 6.07) is 13.9. The van der Waals surface area contributed by atoms with Crippen LogP contribution in [0.2, 0.25) is 0 Å². The van der Waals surface area contributed by atoms with E-state index in [1.54, 1.807) is 20.5 Å². The lowest BCUT2D eigenvalue weighted by molar-refractivity contribution is 0.413. The minimum absolute atomic E-state index is 0.780. The fraction of sp³-hybridized carbons (Fsp3) is 0.130. The molecule has 146 valence electrons. The summed E-state index contributed by atoms with van der Waals surface area (Å²) in [4.78, 5) is 12.1. The van der Waals surface area contributed by atoms with Crippen LogP contribution in [-0.2, 0) is 0 Å². The zero-order chi connectivity index (χ0) is 20.2. The third-order valence-corrected chi connectivity index (χ3v) is 4.61. The van der Waals surface area contributed by atoms with Crippen LogP contribution in [0.4, 0.5) is 0 Å². The van der Waals surface area contributed by atoms with Gasteiger partial charge in [0.15, 0.2) is 0 Å². The van der Waals surface area contributed by atoms with Gasteiger partial charge in [0.05, 0.1) is 37.6 Å². The van der Waals surface area contributed by atoms with Crippen molar-refractivity contribution in [3.8, 4) is 28.4 Å². The van der Waals surface area contributed by atoms with Crippen molar-refractivity contribution in [2.45, 2.75) is 6.92 Å². The van der Waals surface area contributed by atoms with Crippen LogP contribution in [0.1, 0.15) is 17.1 Å². The van der Waals surface area contributed by atoms with E-state index in [1.807, 2.05) is 78.5 Å². The molecule has 0 bridgehead atoms. The quantitative estimate of drug-likeness (QED) is 0.519. The molecule has 4 rings (SSSR count). The number of aryl methyl sites for hydroxylation is 1. The minimum atomic E-state index is 0.780. The molecule has 0 unspecified atom stereocenters. The summed E-state index contributed by atoms with van der Waals surface area (Å²) >= 11 is 0. The van der Waals surface area contributed by atoms with Crippen LogP contribution in [0, 0.1) is 6.92 Å². The number of nitrogens with zero attached hydrogens (tertiary/aromatic N) is 3. The first kappa shape index (κ1) is 18.6. The second-order valence-electron chi connectivity index (χ2n) is 6.59. The molecule has 29 heavy (non-hydrogen) atoms. The van der Waals surface area contributed by atoms with Crippen LogP contribution in [0.25, 0.3) is 29.1 Å². The lowest BCUT2D eigenvalue weighted by Crippen LogP contribution is -1.95. The Morgan fingerprint density at radius 1 is 1.00 bits per heavy atom. The molecule has 6 heteroatoms. The van der Waals surface area contributed by atoms with Gasteiger partial charge in [0.2, 0.25) is 0 Å². The Kier molecular flexibility index (Phi) is 5.16. The summed E-state index contributed by atoms with van der Waals surface area (Å²) in [6.07, 6.45) is 9.60. The SMILES string of the molecule is COc1ccc(-c2c[nH]c(/C=C/c3ccc(-n4cnc(C)c4)c(OC)c3)n2)cc1. The normalized spacial score (nSPS) is 11.1. The highest BCUT2D eigenvalue weighted by Gasteiger charge is 2.07. The van der Waals surface area contributed by atoms with Crippen molar-refractivity contribution in [1.29, 1.82) is 0 Å². The maximum atomic E-state index is 5.57. The molecule has 2 aromatic carbocycles. The molecule has 0 spiro atoms. The van der Waals surface area contributed by atoms with Crippen molar-refractivity contribution in [3.63, 3.8) is 0 Å². The molecule has 2 heterocycles. The van der Waals surface area contributed by atoms with Gasteiger partial charge >= 0.3 is 0 Å². The highest BCUT2D eigenvalue weighted by molar-refractivity contribution is 5.70. The van der Waals surface area contributed by atoms with Gasteiger partial charge in [0.1, 0.15) is 17.3 Å². The van der Waals surface area contributed by atoms with Crippen molar-refractivity contribution in [1.82, 2.24) is 19.5 Å². The van der Waals surface area contributed by atoms with Crippen LogP contribution in [-0.4, -0.2) is 33.7 Å². The van der Waals surface area contributed by atoms with E-state index in [0.29, 0.717) is 0 Å². The smallest absolute Gasteiger partial charge is 0.143 e. The van der Waals surface area contributed by atoms with Gasteiger partial charge in [0, 0.05) is 18.0 Å². The van der Waals surface area contributed by atoms with E-state index in [2.05, 4.69) is 15.0 Å². The number of aromatic amines is 1. The second kappa shape index (κ2) is 8.06. The van der Waals surface area contributed by atoms with Crippen molar-refractivity contribution < 1.29 is 9.47 Å². The van der Waals surface area contributed by atoms with E-state index in [9.17, 15) is 0 Å².